The number of aromatic carboxylic acids is 1. The van der Waals surface area contributed by atoms with Gasteiger partial charge in [0.1, 0.15) is 11.3 Å². The van der Waals surface area contributed by atoms with Gasteiger partial charge in [-0.2, -0.15) is 0 Å². The highest BCUT2D eigenvalue weighted by atomic mass is 16.5. The Morgan fingerprint density at radius 2 is 1.93 bits per heavy atom. The zero-order chi connectivity index (χ0) is 22.0. The van der Waals surface area contributed by atoms with Gasteiger partial charge >= 0.3 is 5.97 Å². The molecule has 160 valence electrons. The van der Waals surface area contributed by atoms with Crippen LogP contribution in [-0.4, -0.2) is 41.7 Å². The van der Waals surface area contributed by atoms with Crippen LogP contribution in [0.15, 0.2) is 29.2 Å². The van der Waals surface area contributed by atoms with Crippen molar-refractivity contribution < 1.29 is 24.2 Å². The van der Waals surface area contributed by atoms with Gasteiger partial charge in [-0.05, 0) is 37.0 Å². The van der Waals surface area contributed by atoms with Crippen molar-refractivity contribution in [2.24, 2.45) is 5.92 Å². The summed E-state index contributed by atoms with van der Waals surface area (Å²) in [6, 6.07) is 4.98. The lowest BCUT2D eigenvalue weighted by molar-refractivity contribution is 0.0694. The van der Waals surface area contributed by atoms with Gasteiger partial charge in [0.05, 0.1) is 17.9 Å². The predicted molar refractivity (Wildman–Crippen MR) is 113 cm³/mol. The predicted octanol–water partition coefficient (Wildman–Crippen LogP) is 3.58. The quantitative estimate of drug-likeness (QED) is 0.525. The largest absolute Gasteiger partial charge is 0.493 e. The first kappa shape index (κ1) is 21.8. The number of pyridine rings is 1. The molecule has 2 aromatic rings. The van der Waals surface area contributed by atoms with Gasteiger partial charge < -0.3 is 19.1 Å². The van der Waals surface area contributed by atoms with Crippen LogP contribution < -0.4 is 10.2 Å². The van der Waals surface area contributed by atoms with Gasteiger partial charge in [0.2, 0.25) is 0 Å². The number of carbonyl (C=O) groups excluding carboxylic acids is 1. The van der Waals surface area contributed by atoms with Crippen LogP contribution in [0.1, 0.15) is 59.5 Å². The number of hydrogen-bond donors (Lipinski definition) is 1. The molecule has 1 atom stereocenters. The first-order valence-corrected chi connectivity index (χ1v) is 10.0. The van der Waals surface area contributed by atoms with Crippen molar-refractivity contribution in [3.63, 3.8) is 0 Å². The van der Waals surface area contributed by atoms with Crippen molar-refractivity contribution >= 4 is 11.8 Å². The van der Waals surface area contributed by atoms with E-state index in [9.17, 15) is 19.5 Å². The zero-order valence-electron chi connectivity index (χ0n) is 17.7. The lowest BCUT2D eigenvalue weighted by Crippen LogP contribution is -2.28. The third-order valence-electron chi connectivity index (χ3n) is 5.48. The fourth-order valence-corrected chi connectivity index (χ4v) is 3.89. The summed E-state index contributed by atoms with van der Waals surface area (Å²) in [6.07, 6.45) is 2.78. The maximum absolute atomic E-state index is 12.4. The Hall–Kier alpha value is -2.93. The van der Waals surface area contributed by atoms with Crippen molar-refractivity contribution in [2.75, 3.05) is 20.3 Å². The van der Waals surface area contributed by atoms with E-state index in [4.69, 9.17) is 9.47 Å². The molecule has 0 bridgehead atoms. The van der Waals surface area contributed by atoms with E-state index in [1.807, 2.05) is 10.6 Å². The monoisotopic (exact) mass is 413 g/mol. The van der Waals surface area contributed by atoms with Crippen LogP contribution in [0.4, 0.5) is 0 Å². The number of nitrogens with zero attached hydrogens (tertiary/aromatic N) is 1. The van der Waals surface area contributed by atoms with Gasteiger partial charge in [-0.25, -0.2) is 4.79 Å². The number of carbonyl (C=O) groups is 2. The van der Waals surface area contributed by atoms with E-state index in [1.54, 1.807) is 13.2 Å². The molecular formula is C23H27NO6. The van der Waals surface area contributed by atoms with Gasteiger partial charge in [-0.3, -0.25) is 9.59 Å². The molecule has 1 aromatic heterocycles. The molecule has 0 aliphatic carbocycles. The lowest BCUT2D eigenvalue weighted by atomic mass is 9.86. The molecule has 0 saturated heterocycles. The molecule has 0 fully saturated rings. The highest BCUT2D eigenvalue weighted by Gasteiger charge is 2.29. The highest BCUT2D eigenvalue weighted by Crippen LogP contribution is 2.40. The number of Topliss-reactive ketones (excluding diaryl/α,β-unsaturated/α-hetero) is 1. The Labute approximate surface area is 175 Å². The Balaban J connectivity index is 2.15. The number of ketones is 1. The average molecular weight is 413 g/mol. The summed E-state index contributed by atoms with van der Waals surface area (Å²) >= 11 is 0. The summed E-state index contributed by atoms with van der Waals surface area (Å²) in [5.41, 5.74) is 2.00. The van der Waals surface area contributed by atoms with E-state index in [2.05, 4.69) is 13.8 Å². The van der Waals surface area contributed by atoms with Crippen LogP contribution in [-0.2, 0) is 11.2 Å². The molecule has 1 aromatic carbocycles. The number of carboxylic acids is 1. The molecule has 0 radical (unpaired) electrons. The van der Waals surface area contributed by atoms with Crippen LogP contribution >= 0.6 is 0 Å². The fraction of sp³-hybridized carbons (Fsp3) is 0.435. The van der Waals surface area contributed by atoms with E-state index in [0.717, 1.165) is 11.1 Å². The van der Waals surface area contributed by atoms with Crippen molar-refractivity contribution in [1.29, 1.82) is 0 Å². The third kappa shape index (κ3) is 4.16. The smallest absolute Gasteiger partial charge is 0.341 e. The third-order valence-corrected chi connectivity index (χ3v) is 5.48. The Bertz CT molecular complexity index is 1040. The Morgan fingerprint density at radius 1 is 1.20 bits per heavy atom. The van der Waals surface area contributed by atoms with E-state index in [0.29, 0.717) is 43.1 Å². The minimum absolute atomic E-state index is 0.0179. The van der Waals surface area contributed by atoms with E-state index >= 15 is 0 Å². The molecule has 1 N–H and O–H groups in total. The first-order chi connectivity index (χ1) is 14.2. The molecule has 7 nitrogen and oxygen atoms in total. The number of ether oxygens (including phenoxy) is 2. The molecule has 1 aliphatic rings. The summed E-state index contributed by atoms with van der Waals surface area (Å²) in [6.45, 7) is 6.59. The van der Waals surface area contributed by atoms with Gasteiger partial charge in [0.15, 0.2) is 11.2 Å². The summed E-state index contributed by atoms with van der Waals surface area (Å²) in [7, 11) is 1.63. The second kappa shape index (κ2) is 8.83. The molecule has 30 heavy (non-hydrogen) atoms. The second-order valence-corrected chi connectivity index (χ2v) is 7.92. The van der Waals surface area contributed by atoms with E-state index in [-0.39, 0.29) is 23.3 Å². The average Bonchev–Trinajstić information content (AvgIpc) is 2.69. The topological polar surface area (TPSA) is 94.8 Å². The van der Waals surface area contributed by atoms with Crippen LogP contribution in [0.3, 0.4) is 0 Å². The molecule has 0 saturated carbocycles. The molecule has 0 unspecified atom stereocenters. The minimum atomic E-state index is -1.24. The number of aromatic nitrogens is 1. The van der Waals surface area contributed by atoms with Crippen molar-refractivity contribution in [3.05, 3.63) is 51.3 Å². The van der Waals surface area contributed by atoms with Crippen LogP contribution in [0.25, 0.3) is 11.3 Å². The molecule has 7 heteroatoms. The molecule has 0 amide bonds. The van der Waals surface area contributed by atoms with Crippen molar-refractivity contribution in [3.8, 4) is 17.0 Å². The fourth-order valence-electron chi connectivity index (χ4n) is 3.89. The molecular weight excluding hydrogens is 386 g/mol. The lowest BCUT2D eigenvalue weighted by Gasteiger charge is -2.34. The molecule has 2 heterocycles. The standard InChI is InChI=1S/C23H27NO6/c1-13(2)19-8-15-9-22(30-7-5-6-29-4)16(14(3)25)10-17(15)20-11-21(26)18(23(27)28)12-24(19)20/h9-13,19H,5-8H2,1-4H3,(H,27,28)/t19-/m0/s1. The van der Waals surface area contributed by atoms with Crippen LogP contribution in [0.2, 0.25) is 0 Å². The summed E-state index contributed by atoms with van der Waals surface area (Å²) in [5, 5.41) is 9.38. The second-order valence-electron chi connectivity index (χ2n) is 7.92. The minimum Gasteiger partial charge on any atom is -0.493 e. The SMILES string of the molecule is COCCCOc1cc2c(cc1C(C)=O)-c1cc(=O)c(C(=O)O)cn1[C@H](C(C)C)C2. The Morgan fingerprint density at radius 3 is 2.53 bits per heavy atom. The van der Waals surface area contributed by atoms with Crippen molar-refractivity contribution in [2.45, 2.75) is 39.7 Å². The Kier molecular flexibility index (Phi) is 6.41. The van der Waals surface area contributed by atoms with Gasteiger partial charge in [0, 0.05) is 44.0 Å². The molecule has 3 rings (SSSR count). The number of methoxy groups -OCH3 is 1. The van der Waals surface area contributed by atoms with Gasteiger partial charge in [-0.1, -0.05) is 13.8 Å². The van der Waals surface area contributed by atoms with Crippen LogP contribution in [0, 0.1) is 5.92 Å². The first-order valence-electron chi connectivity index (χ1n) is 10.0. The van der Waals surface area contributed by atoms with Crippen molar-refractivity contribution in [1.82, 2.24) is 4.57 Å². The van der Waals surface area contributed by atoms with Gasteiger partial charge in [-0.15, -0.1) is 0 Å². The van der Waals surface area contributed by atoms with E-state index in [1.165, 1.54) is 19.2 Å². The summed E-state index contributed by atoms with van der Waals surface area (Å²) in [5.74, 6) is -0.646. The van der Waals surface area contributed by atoms with Gasteiger partial charge in [0.25, 0.3) is 0 Å². The maximum Gasteiger partial charge on any atom is 0.341 e. The van der Waals surface area contributed by atoms with Crippen LogP contribution in [0.5, 0.6) is 5.75 Å². The molecule has 1 aliphatic heterocycles. The zero-order valence-corrected chi connectivity index (χ0v) is 17.7. The number of hydrogen-bond acceptors (Lipinski definition) is 5. The normalized spacial score (nSPS) is 14.9. The number of benzene rings is 1. The number of rotatable bonds is 8. The summed E-state index contributed by atoms with van der Waals surface area (Å²) in [4.78, 5) is 36.2. The number of fused-ring (bicyclic) bond motifs is 3. The highest BCUT2D eigenvalue weighted by molar-refractivity contribution is 5.98. The summed E-state index contributed by atoms with van der Waals surface area (Å²) < 4.78 is 12.8. The maximum atomic E-state index is 12.4. The number of carboxylic acid groups (broad SMARTS) is 1. The van der Waals surface area contributed by atoms with E-state index < -0.39 is 11.4 Å². The molecule has 0 spiro atoms.